The lowest BCUT2D eigenvalue weighted by Gasteiger charge is -2.45. The second kappa shape index (κ2) is 11.8. The van der Waals surface area contributed by atoms with Gasteiger partial charge in [-0.05, 0) is 49.3 Å². The Morgan fingerprint density at radius 2 is 1.88 bits per heavy atom. The van der Waals surface area contributed by atoms with Crippen LogP contribution >= 0.6 is 11.6 Å². The van der Waals surface area contributed by atoms with Crippen LogP contribution < -0.4 is 5.32 Å². The molecular formula is C25H37ClN2O4. The molecule has 1 aliphatic carbocycles. The van der Waals surface area contributed by atoms with E-state index in [0.717, 1.165) is 24.9 Å². The maximum absolute atomic E-state index is 12.5. The molecule has 0 bridgehead atoms. The molecule has 0 radical (unpaired) electrons. The topological polar surface area (TPSA) is 71.0 Å². The summed E-state index contributed by atoms with van der Waals surface area (Å²) < 4.78 is 12.1. The van der Waals surface area contributed by atoms with E-state index >= 15 is 0 Å². The van der Waals surface area contributed by atoms with Crippen molar-refractivity contribution in [2.45, 2.75) is 82.3 Å². The SMILES string of the molecule is O=C(C[C@@H]1CC[C@H]2[C@@H](COC[C@H](O)CN2CC2CCCCC2)O1)NCc1ccc(Cl)cc1. The van der Waals surface area contributed by atoms with E-state index in [4.69, 9.17) is 21.1 Å². The fourth-order valence-electron chi connectivity index (χ4n) is 5.44. The molecule has 3 aliphatic rings. The van der Waals surface area contributed by atoms with E-state index in [9.17, 15) is 9.90 Å². The van der Waals surface area contributed by atoms with Gasteiger partial charge in [-0.15, -0.1) is 0 Å². The van der Waals surface area contributed by atoms with Gasteiger partial charge in [-0.3, -0.25) is 9.69 Å². The Kier molecular flexibility index (Phi) is 8.83. The highest BCUT2D eigenvalue weighted by atomic mass is 35.5. The van der Waals surface area contributed by atoms with Gasteiger partial charge in [0.15, 0.2) is 0 Å². The van der Waals surface area contributed by atoms with Crippen LogP contribution in [0.3, 0.4) is 0 Å². The van der Waals surface area contributed by atoms with Crippen LogP contribution in [-0.4, -0.2) is 66.6 Å². The zero-order valence-electron chi connectivity index (χ0n) is 18.9. The van der Waals surface area contributed by atoms with Crippen LogP contribution in [0.5, 0.6) is 0 Å². The molecule has 0 aromatic heterocycles. The summed E-state index contributed by atoms with van der Waals surface area (Å²) in [7, 11) is 0. The smallest absolute Gasteiger partial charge is 0.222 e. The number of aliphatic hydroxyl groups excluding tert-OH is 1. The molecule has 2 N–H and O–H groups in total. The molecule has 1 aromatic carbocycles. The molecule has 4 rings (SSSR count). The minimum atomic E-state index is -0.448. The minimum absolute atomic E-state index is 0.00430. The molecule has 2 aliphatic heterocycles. The number of ether oxygens (including phenoxy) is 2. The number of halogens is 1. The van der Waals surface area contributed by atoms with Gasteiger partial charge in [0.25, 0.3) is 0 Å². The first-order valence-corrected chi connectivity index (χ1v) is 12.6. The molecule has 4 atom stereocenters. The quantitative estimate of drug-likeness (QED) is 0.673. The van der Waals surface area contributed by atoms with Crippen LogP contribution in [0.2, 0.25) is 5.02 Å². The average molecular weight is 465 g/mol. The number of rotatable bonds is 6. The van der Waals surface area contributed by atoms with Gasteiger partial charge in [0.1, 0.15) is 0 Å². The van der Waals surface area contributed by atoms with Crippen LogP contribution in [0.1, 0.15) is 56.9 Å². The molecule has 0 spiro atoms. The number of β-amino-alcohol motifs (C(OH)–C–C–N with tert-alkyl or cyclic N) is 1. The van der Waals surface area contributed by atoms with Crippen LogP contribution in [0, 0.1) is 5.92 Å². The van der Waals surface area contributed by atoms with E-state index in [2.05, 4.69) is 10.2 Å². The molecule has 6 nitrogen and oxygen atoms in total. The first-order valence-electron chi connectivity index (χ1n) is 12.2. The molecule has 1 saturated carbocycles. The van der Waals surface area contributed by atoms with Crippen molar-refractivity contribution in [3.63, 3.8) is 0 Å². The number of nitrogens with zero attached hydrogens (tertiary/aromatic N) is 1. The van der Waals surface area contributed by atoms with Gasteiger partial charge in [-0.2, -0.15) is 0 Å². The number of hydrogen-bond donors (Lipinski definition) is 2. The predicted molar refractivity (Wildman–Crippen MR) is 125 cm³/mol. The Morgan fingerprint density at radius 1 is 1.09 bits per heavy atom. The van der Waals surface area contributed by atoms with Gasteiger partial charge in [0.05, 0.1) is 37.9 Å². The van der Waals surface area contributed by atoms with E-state index in [1.807, 2.05) is 24.3 Å². The molecular weight excluding hydrogens is 428 g/mol. The third-order valence-electron chi connectivity index (χ3n) is 7.12. The van der Waals surface area contributed by atoms with Crippen molar-refractivity contribution < 1.29 is 19.4 Å². The molecule has 178 valence electrons. The van der Waals surface area contributed by atoms with Crippen molar-refractivity contribution in [2.24, 2.45) is 5.92 Å². The number of aliphatic hydroxyl groups is 1. The fraction of sp³-hybridized carbons (Fsp3) is 0.720. The van der Waals surface area contributed by atoms with E-state index in [1.165, 1.54) is 32.1 Å². The molecule has 2 heterocycles. The van der Waals surface area contributed by atoms with Crippen LogP contribution in [-0.2, 0) is 20.8 Å². The van der Waals surface area contributed by atoms with Crippen molar-refractivity contribution in [1.29, 1.82) is 0 Å². The summed E-state index contributed by atoms with van der Waals surface area (Å²) in [5.41, 5.74) is 1.03. The largest absolute Gasteiger partial charge is 0.389 e. The number of fused-ring (bicyclic) bond motifs is 1. The number of benzene rings is 1. The predicted octanol–water partition coefficient (Wildman–Crippen LogP) is 3.54. The summed E-state index contributed by atoms with van der Waals surface area (Å²) in [5.74, 6) is 0.720. The lowest BCUT2D eigenvalue weighted by Crippen LogP contribution is -2.56. The van der Waals surface area contributed by atoms with Crippen LogP contribution in [0.4, 0.5) is 0 Å². The summed E-state index contributed by atoms with van der Waals surface area (Å²) in [6.45, 7) is 3.00. The van der Waals surface area contributed by atoms with Gasteiger partial charge in [-0.1, -0.05) is 43.0 Å². The Labute approximate surface area is 196 Å². The fourth-order valence-corrected chi connectivity index (χ4v) is 5.56. The Bertz CT molecular complexity index is 725. The molecule has 32 heavy (non-hydrogen) atoms. The van der Waals surface area contributed by atoms with Crippen LogP contribution in [0.25, 0.3) is 0 Å². The van der Waals surface area contributed by atoms with E-state index in [-0.39, 0.29) is 24.2 Å². The standard InChI is InChI=1S/C25H37ClN2O4/c26-20-8-6-18(7-9-20)13-27-25(30)12-22-10-11-23-24(32-22)17-31-16-21(29)15-28(23)14-19-4-2-1-3-5-19/h6-9,19,21-24,29H,1-5,10-17H2,(H,27,30)/t21-,22+,23+,24-/m1/s1. The molecule has 0 unspecified atom stereocenters. The van der Waals surface area contributed by atoms with E-state index in [1.54, 1.807) is 0 Å². The Hall–Kier alpha value is -1.18. The molecule has 1 amide bonds. The maximum Gasteiger partial charge on any atom is 0.222 e. The maximum atomic E-state index is 12.5. The monoisotopic (exact) mass is 464 g/mol. The highest BCUT2D eigenvalue weighted by Gasteiger charge is 2.38. The zero-order chi connectivity index (χ0) is 22.3. The summed E-state index contributed by atoms with van der Waals surface area (Å²) >= 11 is 5.92. The van der Waals surface area contributed by atoms with Gasteiger partial charge in [0.2, 0.25) is 5.91 Å². The number of nitrogens with one attached hydrogen (secondary N) is 1. The van der Waals surface area contributed by atoms with Gasteiger partial charge >= 0.3 is 0 Å². The van der Waals surface area contributed by atoms with Crippen molar-refractivity contribution in [2.75, 3.05) is 26.3 Å². The van der Waals surface area contributed by atoms with Gasteiger partial charge < -0.3 is 19.9 Å². The number of carbonyl (C=O) groups is 1. The van der Waals surface area contributed by atoms with Crippen molar-refractivity contribution in [3.8, 4) is 0 Å². The first kappa shape index (κ1) is 24.0. The molecule has 3 fully saturated rings. The van der Waals surface area contributed by atoms with Crippen molar-refractivity contribution >= 4 is 17.5 Å². The molecule has 1 aromatic rings. The Morgan fingerprint density at radius 3 is 2.66 bits per heavy atom. The van der Waals surface area contributed by atoms with E-state index in [0.29, 0.717) is 43.7 Å². The second-order valence-corrected chi connectivity index (χ2v) is 10.1. The number of carbonyl (C=O) groups excluding carboxylic acids is 1. The lowest BCUT2D eigenvalue weighted by atomic mass is 9.87. The average Bonchev–Trinajstić information content (AvgIpc) is 2.78. The second-order valence-electron chi connectivity index (χ2n) is 9.70. The Balaban J connectivity index is 1.29. The third kappa shape index (κ3) is 6.91. The highest BCUT2D eigenvalue weighted by Crippen LogP contribution is 2.31. The summed E-state index contributed by atoms with van der Waals surface area (Å²) in [6.07, 6.45) is 8.18. The summed E-state index contributed by atoms with van der Waals surface area (Å²) in [4.78, 5) is 15.0. The van der Waals surface area contributed by atoms with E-state index < -0.39 is 6.10 Å². The molecule has 2 saturated heterocycles. The van der Waals surface area contributed by atoms with Gasteiger partial charge in [-0.25, -0.2) is 0 Å². The van der Waals surface area contributed by atoms with Crippen molar-refractivity contribution in [1.82, 2.24) is 10.2 Å². The van der Waals surface area contributed by atoms with Crippen molar-refractivity contribution in [3.05, 3.63) is 34.9 Å². The number of hydrogen-bond acceptors (Lipinski definition) is 5. The first-order chi connectivity index (χ1) is 15.6. The summed E-state index contributed by atoms with van der Waals surface area (Å²) in [6, 6.07) is 7.76. The normalized spacial score (nSPS) is 30.2. The highest BCUT2D eigenvalue weighted by molar-refractivity contribution is 6.30. The van der Waals surface area contributed by atoms with Gasteiger partial charge in [0, 0.05) is 30.7 Å². The lowest BCUT2D eigenvalue weighted by molar-refractivity contribution is -0.158. The van der Waals surface area contributed by atoms with Crippen LogP contribution in [0.15, 0.2) is 24.3 Å². The minimum Gasteiger partial charge on any atom is -0.389 e. The zero-order valence-corrected chi connectivity index (χ0v) is 19.6. The molecule has 7 heteroatoms. The third-order valence-corrected chi connectivity index (χ3v) is 7.37. The summed E-state index contributed by atoms with van der Waals surface area (Å²) in [5, 5.41) is 14.1. The number of amides is 1.